The van der Waals surface area contributed by atoms with Crippen LogP contribution in [0.5, 0.6) is 11.5 Å². The van der Waals surface area contributed by atoms with Crippen molar-refractivity contribution in [2.45, 2.75) is 70.7 Å². The van der Waals surface area contributed by atoms with Gasteiger partial charge in [0.15, 0.2) is 0 Å². The Labute approximate surface area is 189 Å². The van der Waals surface area contributed by atoms with Crippen molar-refractivity contribution in [3.63, 3.8) is 0 Å². The van der Waals surface area contributed by atoms with Crippen molar-refractivity contribution in [2.24, 2.45) is 9.81 Å². The minimum absolute atomic E-state index is 0.00106. The number of fused-ring (bicyclic) bond motifs is 1. The van der Waals surface area contributed by atoms with Crippen molar-refractivity contribution >= 4 is 17.1 Å². The number of benzene rings is 2. The molecule has 0 N–H and O–H groups in total. The summed E-state index contributed by atoms with van der Waals surface area (Å²) < 4.78 is 29.0. The van der Waals surface area contributed by atoms with Gasteiger partial charge in [0.05, 0.1) is 7.11 Å². The minimum Gasteiger partial charge on any atom is -0.591 e. The maximum absolute atomic E-state index is 13.0. The van der Waals surface area contributed by atoms with Crippen molar-refractivity contribution in [1.82, 2.24) is 0 Å². The zero-order valence-corrected chi connectivity index (χ0v) is 19.9. The molecule has 0 aromatic heterocycles. The summed E-state index contributed by atoms with van der Waals surface area (Å²) >= 11 is -1.27. The lowest BCUT2D eigenvalue weighted by molar-refractivity contribution is 0.278. The normalized spacial score (nSPS) is 20.0. The molecule has 166 valence electrons. The van der Waals surface area contributed by atoms with Crippen LogP contribution < -0.4 is 9.47 Å². The average Bonchev–Trinajstić information content (AvgIpc) is 3.05. The number of ether oxygens (including phenoxy) is 2. The first-order chi connectivity index (χ1) is 14.8. The van der Waals surface area contributed by atoms with Crippen LogP contribution in [-0.4, -0.2) is 22.1 Å². The number of hydrogen-bond donors (Lipinski definition) is 0. The summed E-state index contributed by atoms with van der Waals surface area (Å²) in [6.45, 7) is 6.48. The van der Waals surface area contributed by atoms with E-state index in [1.54, 1.807) is 7.11 Å². The van der Waals surface area contributed by atoms with Gasteiger partial charge in [-0.3, -0.25) is 0 Å². The monoisotopic (exact) mass is 439 g/mol. The van der Waals surface area contributed by atoms with Crippen LogP contribution in [0.1, 0.15) is 69.6 Å². The van der Waals surface area contributed by atoms with Gasteiger partial charge >= 0.3 is 0 Å². The van der Waals surface area contributed by atoms with Crippen molar-refractivity contribution in [2.75, 3.05) is 7.11 Å². The zero-order chi connectivity index (χ0) is 22.1. The summed E-state index contributed by atoms with van der Waals surface area (Å²) in [6.07, 6.45) is 6.84. The summed E-state index contributed by atoms with van der Waals surface area (Å²) in [6, 6.07) is 14.2. The molecule has 1 saturated carbocycles. The molecule has 2 aliphatic rings. The second kappa shape index (κ2) is 8.87. The maximum Gasteiger partial charge on any atom is 0.144 e. The van der Waals surface area contributed by atoms with E-state index in [9.17, 15) is 4.55 Å². The predicted octanol–water partition coefficient (Wildman–Crippen LogP) is 6.03. The standard InChI is InChI=1S/C26H33NO3S/c1-25(2,3)31(28)27-24-21-9-8-10-23(22(21)17-26(24)15-6-5-7-16-26)30-18-19-11-13-20(29-4)14-12-19/h8-14H,5-7,15-18H2,1-4H3. The second-order valence-electron chi connectivity index (χ2n) is 9.74. The molecule has 0 bridgehead atoms. The first-order valence-electron chi connectivity index (χ1n) is 11.2. The summed E-state index contributed by atoms with van der Waals surface area (Å²) in [4.78, 5) is 0. The molecule has 0 saturated heterocycles. The quantitative estimate of drug-likeness (QED) is 0.534. The van der Waals surface area contributed by atoms with E-state index in [1.807, 2.05) is 51.1 Å². The van der Waals surface area contributed by atoms with Gasteiger partial charge in [0.1, 0.15) is 39.9 Å². The molecule has 1 unspecified atom stereocenters. The van der Waals surface area contributed by atoms with E-state index in [0.29, 0.717) is 6.61 Å². The molecule has 1 fully saturated rings. The molecule has 4 nitrogen and oxygen atoms in total. The zero-order valence-electron chi connectivity index (χ0n) is 19.1. The maximum atomic E-state index is 13.0. The van der Waals surface area contributed by atoms with Crippen LogP contribution in [0.15, 0.2) is 46.9 Å². The van der Waals surface area contributed by atoms with Crippen molar-refractivity contribution in [3.05, 3.63) is 59.2 Å². The fraction of sp³-hybridized carbons (Fsp3) is 0.500. The third kappa shape index (κ3) is 4.63. The lowest BCUT2D eigenvalue weighted by atomic mass is 9.71. The molecular weight excluding hydrogens is 406 g/mol. The van der Waals surface area contributed by atoms with E-state index in [1.165, 1.54) is 24.8 Å². The number of methoxy groups -OCH3 is 1. The van der Waals surface area contributed by atoms with E-state index < -0.39 is 11.4 Å². The number of rotatable bonds is 5. The highest BCUT2D eigenvalue weighted by Crippen LogP contribution is 2.50. The van der Waals surface area contributed by atoms with Crippen LogP contribution in [0, 0.1) is 5.41 Å². The highest BCUT2D eigenvalue weighted by molar-refractivity contribution is 7.91. The van der Waals surface area contributed by atoms with Gasteiger partial charge in [0, 0.05) is 16.5 Å². The van der Waals surface area contributed by atoms with E-state index in [0.717, 1.165) is 47.6 Å². The third-order valence-corrected chi connectivity index (χ3v) is 7.86. The van der Waals surface area contributed by atoms with E-state index >= 15 is 0 Å². The molecule has 0 heterocycles. The first-order valence-corrected chi connectivity index (χ1v) is 12.3. The average molecular weight is 440 g/mol. The van der Waals surface area contributed by atoms with Gasteiger partial charge < -0.3 is 14.0 Å². The fourth-order valence-corrected chi connectivity index (χ4v) is 5.44. The molecule has 1 atom stereocenters. The van der Waals surface area contributed by atoms with Crippen LogP contribution >= 0.6 is 0 Å². The van der Waals surface area contributed by atoms with Crippen LogP contribution in [-0.2, 0) is 24.4 Å². The molecule has 1 spiro atoms. The van der Waals surface area contributed by atoms with Gasteiger partial charge in [-0.25, -0.2) is 0 Å². The van der Waals surface area contributed by atoms with E-state index in [2.05, 4.69) is 12.1 Å². The molecule has 31 heavy (non-hydrogen) atoms. The predicted molar refractivity (Wildman–Crippen MR) is 127 cm³/mol. The summed E-state index contributed by atoms with van der Waals surface area (Å²) in [5, 5.41) is 0. The molecule has 2 aromatic carbocycles. The third-order valence-electron chi connectivity index (χ3n) is 6.47. The Morgan fingerprint density at radius 2 is 1.74 bits per heavy atom. The van der Waals surface area contributed by atoms with Crippen molar-refractivity contribution in [1.29, 1.82) is 0 Å². The smallest absolute Gasteiger partial charge is 0.144 e. The Bertz CT molecular complexity index is 940. The van der Waals surface area contributed by atoms with Gasteiger partial charge in [-0.2, -0.15) is 0 Å². The van der Waals surface area contributed by atoms with Gasteiger partial charge in [0.2, 0.25) is 0 Å². The Balaban J connectivity index is 1.65. The molecule has 0 amide bonds. The van der Waals surface area contributed by atoms with Crippen LogP contribution in [0.3, 0.4) is 0 Å². The number of hydrogen-bond acceptors (Lipinski definition) is 4. The summed E-state index contributed by atoms with van der Waals surface area (Å²) in [7, 11) is 1.67. The molecule has 4 rings (SSSR count). The first kappa shape index (κ1) is 22.2. The molecule has 5 heteroatoms. The Hall–Kier alpha value is -1.98. The summed E-state index contributed by atoms with van der Waals surface area (Å²) in [5.41, 5.74) is 4.51. The highest BCUT2D eigenvalue weighted by atomic mass is 32.2. The molecule has 0 aliphatic heterocycles. The van der Waals surface area contributed by atoms with E-state index in [-0.39, 0.29) is 10.2 Å². The lowest BCUT2D eigenvalue weighted by Crippen LogP contribution is -2.34. The molecule has 0 radical (unpaired) electrons. The van der Waals surface area contributed by atoms with Crippen LogP contribution in [0.25, 0.3) is 0 Å². The molecule has 2 aromatic rings. The Kier molecular flexibility index (Phi) is 6.36. The van der Waals surface area contributed by atoms with Gasteiger partial charge in [-0.15, -0.1) is 0 Å². The van der Waals surface area contributed by atoms with E-state index in [4.69, 9.17) is 13.9 Å². The minimum atomic E-state index is -1.27. The van der Waals surface area contributed by atoms with Gasteiger partial charge in [-0.05, 0) is 63.8 Å². The Morgan fingerprint density at radius 3 is 2.39 bits per heavy atom. The van der Waals surface area contributed by atoms with Gasteiger partial charge in [-0.1, -0.05) is 47.9 Å². The molecule has 2 aliphatic carbocycles. The largest absolute Gasteiger partial charge is 0.591 e. The van der Waals surface area contributed by atoms with Crippen LogP contribution in [0.4, 0.5) is 0 Å². The Morgan fingerprint density at radius 1 is 1.03 bits per heavy atom. The fourth-order valence-electron chi connectivity index (χ4n) is 4.70. The lowest BCUT2D eigenvalue weighted by Gasteiger charge is -2.34. The number of nitrogens with zero attached hydrogens (tertiary/aromatic N) is 1. The summed E-state index contributed by atoms with van der Waals surface area (Å²) in [5.74, 6) is 1.77. The SMILES string of the molecule is COc1ccc(COc2cccc3c2CC2(CCCCC2)C3=N[S+]([O-])C(C)(C)C)cc1. The topological polar surface area (TPSA) is 53.9 Å². The second-order valence-corrected chi connectivity index (χ2v) is 11.6. The van der Waals surface area contributed by atoms with Crippen LogP contribution in [0.2, 0.25) is 0 Å². The highest BCUT2D eigenvalue weighted by Gasteiger charge is 2.47. The molecular formula is C26H33NO3S. The van der Waals surface area contributed by atoms with Crippen molar-refractivity contribution in [3.8, 4) is 11.5 Å². The van der Waals surface area contributed by atoms with Gasteiger partial charge in [0.25, 0.3) is 0 Å². The van der Waals surface area contributed by atoms with Crippen molar-refractivity contribution < 1.29 is 14.0 Å².